The molecule has 0 radical (unpaired) electrons. The minimum Gasteiger partial charge on any atom is -0.493 e. The number of hydrazone groups is 1. The maximum Gasteiger partial charge on any atom is 0.271 e. The van der Waals surface area contributed by atoms with Gasteiger partial charge >= 0.3 is 0 Å². The summed E-state index contributed by atoms with van der Waals surface area (Å²) in [6.07, 6.45) is 2.96. The zero-order valence-electron chi connectivity index (χ0n) is 13.8. The molecule has 0 fully saturated rings. The lowest BCUT2D eigenvalue weighted by atomic mass is 9.90. The van der Waals surface area contributed by atoms with Gasteiger partial charge in [-0.3, -0.25) is 4.79 Å². The van der Waals surface area contributed by atoms with Gasteiger partial charge < -0.3 is 9.47 Å². The molecule has 0 aromatic heterocycles. The molecule has 2 aromatic carbocycles. The summed E-state index contributed by atoms with van der Waals surface area (Å²) in [7, 11) is 3.10. The number of amides is 1. The molecule has 24 heavy (non-hydrogen) atoms. The Labute approximate surface area is 141 Å². The number of aryl methyl sites for hydroxylation is 1. The third kappa shape index (κ3) is 3.25. The Kier molecular flexibility index (Phi) is 4.79. The molecule has 0 spiro atoms. The van der Waals surface area contributed by atoms with Crippen molar-refractivity contribution in [1.29, 1.82) is 0 Å². The minimum absolute atomic E-state index is 0.272. The zero-order chi connectivity index (χ0) is 16.9. The van der Waals surface area contributed by atoms with Gasteiger partial charge in [0.25, 0.3) is 5.91 Å². The van der Waals surface area contributed by atoms with Gasteiger partial charge in [0.15, 0.2) is 11.5 Å². The van der Waals surface area contributed by atoms with Crippen molar-refractivity contribution < 1.29 is 14.3 Å². The van der Waals surface area contributed by atoms with E-state index in [1.807, 2.05) is 12.1 Å². The topological polar surface area (TPSA) is 59.9 Å². The molecule has 0 heterocycles. The average Bonchev–Trinajstić information content (AvgIpc) is 2.65. The lowest BCUT2D eigenvalue weighted by Gasteiger charge is -2.17. The molecule has 1 aliphatic rings. The monoisotopic (exact) mass is 324 g/mol. The Bertz CT molecular complexity index is 784. The number of nitrogens with zero attached hydrogens (tertiary/aromatic N) is 1. The van der Waals surface area contributed by atoms with Gasteiger partial charge in [0.1, 0.15) is 0 Å². The molecule has 0 saturated carbocycles. The Hall–Kier alpha value is -2.82. The van der Waals surface area contributed by atoms with Crippen LogP contribution in [0.3, 0.4) is 0 Å². The summed E-state index contributed by atoms with van der Waals surface area (Å²) < 4.78 is 10.4. The summed E-state index contributed by atoms with van der Waals surface area (Å²) in [5, 5.41) is 4.34. The van der Waals surface area contributed by atoms with Crippen molar-refractivity contribution in [1.82, 2.24) is 5.43 Å². The first-order valence-corrected chi connectivity index (χ1v) is 7.90. The van der Waals surface area contributed by atoms with Crippen LogP contribution < -0.4 is 14.9 Å². The van der Waals surface area contributed by atoms with Crippen molar-refractivity contribution in [3.8, 4) is 11.5 Å². The van der Waals surface area contributed by atoms with Crippen LogP contribution in [0.15, 0.2) is 47.6 Å². The summed E-state index contributed by atoms with van der Waals surface area (Å²) >= 11 is 0. The predicted octanol–water partition coefficient (Wildman–Crippen LogP) is 3.17. The van der Waals surface area contributed by atoms with Gasteiger partial charge in [0.05, 0.1) is 19.9 Å². The number of carbonyl (C=O) groups excluding carboxylic acids is 1. The fourth-order valence-electron chi connectivity index (χ4n) is 2.88. The highest BCUT2D eigenvalue weighted by atomic mass is 16.5. The van der Waals surface area contributed by atoms with Crippen molar-refractivity contribution in [2.24, 2.45) is 5.10 Å². The Balaban J connectivity index is 1.79. The molecule has 1 N–H and O–H groups in total. The second-order valence-electron chi connectivity index (χ2n) is 5.58. The van der Waals surface area contributed by atoms with Crippen molar-refractivity contribution in [2.45, 2.75) is 19.3 Å². The molecule has 5 heteroatoms. The number of hydrogen-bond donors (Lipinski definition) is 1. The van der Waals surface area contributed by atoms with Crippen molar-refractivity contribution in [2.75, 3.05) is 14.2 Å². The van der Waals surface area contributed by atoms with Crippen molar-refractivity contribution in [3.63, 3.8) is 0 Å². The fraction of sp³-hybridized carbons (Fsp3) is 0.263. The van der Waals surface area contributed by atoms with E-state index in [1.54, 1.807) is 32.4 Å². The number of benzene rings is 2. The largest absolute Gasteiger partial charge is 0.493 e. The lowest BCUT2D eigenvalue weighted by Crippen LogP contribution is -2.22. The van der Waals surface area contributed by atoms with Crippen LogP contribution in [0.25, 0.3) is 0 Å². The Morgan fingerprint density at radius 1 is 1.04 bits per heavy atom. The standard InChI is InChI=1S/C19H20N2O3/c1-23-17-11-10-14(12-18(17)24-2)19(22)21-20-16-9-5-7-13-6-3-4-8-15(13)16/h3-4,6,8,10-12H,5,7,9H2,1-2H3,(H,21,22)/b20-16-. The molecule has 0 unspecified atom stereocenters. The Morgan fingerprint density at radius 3 is 2.62 bits per heavy atom. The highest BCUT2D eigenvalue weighted by Gasteiger charge is 2.16. The van der Waals surface area contributed by atoms with Gasteiger partial charge in [-0.25, -0.2) is 5.43 Å². The quantitative estimate of drug-likeness (QED) is 0.879. The van der Waals surface area contributed by atoms with E-state index in [0.29, 0.717) is 17.1 Å². The molecule has 1 amide bonds. The van der Waals surface area contributed by atoms with Crippen LogP contribution in [0.4, 0.5) is 0 Å². The normalized spacial score (nSPS) is 14.8. The van der Waals surface area contributed by atoms with Crippen LogP contribution in [0, 0.1) is 0 Å². The molecule has 124 valence electrons. The second kappa shape index (κ2) is 7.17. The number of nitrogens with one attached hydrogen (secondary N) is 1. The van der Waals surface area contributed by atoms with Gasteiger partial charge in [-0.1, -0.05) is 24.3 Å². The van der Waals surface area contributed by atoms with Gasteiger partial charge in [-0.2, -0.15) is 5.10 Å². The molecule has 0 saturated heterocycles. The molecule has 5 nitrogen and oxygen atoms in total. The zero-order valence-corrected chi connectivity index (χ0v) is 13.8. The summed E-state index contributed by atoms with van der Waals surface area (Å²) in [4.78, 5) is 12.4. The number of hydrogen-bond acceptors (Lipinski definition) is 4. The number of methoxy groups -OCH3 is 2. The summed E-state index contributed by atoms with van der Waals surface area (Å²) in [5.74, 6) is 0.828. The summed E-state index contributed by atoms with van der Waals surface area (Å²) in [6, 6.07) is 13.2. The van der Waals surface area contributed by atoms with E-state index in [2.05, 4.69) is 22.7 Å². The van der Waals surface area contributed by atoms with Crippen LogP contribution in [0.1, 0.15) is 34.3 Å². The van der Waals surface area contributed by atoms with Gasteiger partial charge in [-0.15, -0.1) is 0 Å². The molecule has 0 atom stereocenters. The first-order valence-electron chi connectivity index (χ1n) is 7.90. The molecular formula is C19H20N2O3. The van der Waals surface area contributed by atoms with Crippen LogP contribution in [-0.4, -0.2) is 25.8 Å². The lowest BCUT2D eigenvalue weighted by molar-refractivity contribution is 0.0954. The predicted molar refractivity (Wildman–Crippen MR) is 92.9 cm³/mol. The van der Waals surface area contributed by atoms with E-state index in [1.165, 1.54) is 5.56 Å². The van der Waals surface area contributed by atoms with Gasteiger partial charge in [0.2, 0.25) is 0 Å². The first-order chi connectivity index (χ1) is 11.7. The van der Waals surface area contributed by atoms with Crippen LogP contribution in [0.5, 0.6) is 11.5 Å². The number of rotatable bonds is 4. The van der Waals surface area contributed by atoms with E-state index >= 15 is 0 Å². The summed E-state index contributed by atoms with van der Waals surface area (Å²) in [5.41, 5.74) is 6.45. The van der Waals surface area contributed by atoms with Crippen LogP contribution in [0.2, 0.25) is 0 Å². The third-order valence-electron chi connectivity index (χ3n) is 4.13. The summed E-state index contributed by atoms with van der Waals surface area (Å²) in [6.45, 7) is 0. The van der Waals surface area contributed by atoms with E-state index in [0.717, 1.165) is 30.5 Å². The van der Waals surface area contributed by atoms with Crippen LogP contribution in [-0.2, 0) is 6.42 Å². The van der Waals surface area contributed by atoms with Crippen molar-refractivity contribution >= 4 is 11.6 Å². The molecule has 2 aromatic rings. The highest BCUT2D eigenvalue weighted by molar-refractivity contribution is 6.04. The smallest absolute Gasteiger partial charge is 0.271 e. The Morgan fingerprint density at radius 2 is 1.83 bits per heavy atom. The molecule has 1 aliphatic carbocycles. The van der Waals surface area contributed by atoms with E-state index < -0.39 is 0 Å². The SMILES string of the molecule is COc1ccc(C(=O)N/N=C2/CCCc3ccccc32)cc1OC. The molecule has 0 bridgehead atoms. The number of carbonyl (C=O) groups is 1. The third-order valence-corrected chi connectivity index (χ3v) is 4.13. The second-order valence-corrected chi connectivity index (χ2v) is 5.58. The molecule has 3 rings (SSSR count). The first kappa shape index (κ1) is 16.1. The minimum atomic E-state index is -0.272. The van der Waals surface area contributed by atoms with Crippen molar-refractivity contribution in [3.05, 3.63) is 59.2 Å². The fourth-order valence-corrected chi connectivity index (χ4v) is 2.88. The average molecular weight is 324 g/mol. The number of ether oxygens (including phenoxy) is 2. The highest BCUT2D eigenvalue weighted by Crippen LogP contribution is 2.27. The van der Waals surface area contributed by atoms with E-state index in [4.69, 9.17) is 9.47 Å². The molecule has 0 aliphatic heterocycles. The van der Waals surface area contributed by atoms with Gasteiger partial charge in [-0.05, 0) is 43.0 Å². The molecular weight excluding hydrogens is 304 g/mol. The van der Waals surface area contributed by atoms with E-state index in [9.17, 15) is 4.79 Å². The number of fused-ring (bicyclic) bond motifs is 1. The van der Waals surface area contributed by atoms with Gasteiger partial charge in [0, 0.05) is 11.1 Å². The maximum absolute atomic E-state index is 12.4. The van der Waals surface area contributed by atoms with Crippen LogP contribution >= 0.6 is 0 Å². The van der Waals surface area contributed by atoms with E-state index in [-0.39, 0.29) is 5.91 Å². The maximum atomic E-state index is 12.4.